The number of thioether (sulfide) groups is 1. The van der Waals surface area contributed by atoms with Crippen molar-refractivity contribution in [2.75, 3.05) is 11.1 Å². The number of H-pyrrole nitrogens is 1. The van der Waals surface area contributed by atoms with Gasteiger partial charge in [0.2, 0.25) is 11.1 Å². The van der Waals surface area contributed by atoms with E-state index in [-0.39, 0.29) is 5.95 Å². The standard InChI is InChI=1S/C11H12N4O2S/c1-2-18-10-12-9(14-15-10)13-11(16)17-8-6-4-3-5-7-8/h3-7H,2H2,1H3,(H2,12,13,14,15,16). The van der Waals surface area contributed by atoms with Crippen LogP contribution in [0.15, 0.2) is 35.5 Å². The van der Waals surface area contributed by atoms with Gasteiger partial charge in [0, 0.05) is 0 Å². The normalized spacial score (nSPS) is 10.1. The van der Waals surface area contributed by atoms with E-state index in [9.17, 15) is 4.79 Å². The van der Waals surface area contributed by atoms with Crippen LogP contribution in [0.3, 0.4) is 0 Å². The second-order valence-corrected chi connectivity index (χ2v) is 4.46. The molecule has 0 aliphatic heterocycles. The van der Waals surface area contributed by atoms with Gasteiger partial charge in [-0.15, -0.1) is 5.10 Å². The van der Waals surface area contributed by atoms with Crippen LogP contribution >= 0.6 is 11.8 Å². The maximum Gasteiger partial charge on any atom is 0.419 e. The molecule has 0 aliphatic carbocycles. The second kappa shape index (κ2) is 6.06. The lowest BCUT2D eigenvalue weighted by Crippen LogP contribution is -2.17. The van der Waals surface area contributed by atoms with Gasteiger partial charge in [-0.25, -0.2) is 9.89 Å². The Morgan fingerprint density at radius 1 is 1.44 bits per heavy atom. The number of aromatic nitrogens is 3. The lowest BCUT2D eigenvalue weighted by Gasteiger charge is -2.02. The molecule has 0 radical (unpaired) electrons. The fourth-order valence-electron chi connectivity index (χ4n) is 1.21. The second-order valence-electron chi connectivity index (χ2n) is 3.23. The van der Waals surface area contributed by atoms with Gasteiger partial charge in [-0.2, -0.15) is 4.98 Å². The van der Waals surface area contributed by atoms with E-state index in [2.05, 4.69) is 20.5 Å². The zero-order valence-corrected chi connectivity index (χ0v) is 10.5. The van der Waals surface area contributed by atoms with Gasteiger partial charge in [0.15, 0.2) is 0 Å². The van der Waals surface area contributed by atoms with Gasteiger partial charge in [0.25, 0.3) is 0 Å². The quantitative estimate of drug-likeness (QED) is 0.829. The number of hydrogen-bond acceptors (Lipinski definition) is 5. The van der Waals surface area contributed by atoms with E-state index < -0.39 is 6.09 Å². The van der Waals surface area contributed by atoms with E-state index in [1.165, 1.54) is 11.8 Å². The van der Waals surface area contributed by atoms with Crippen molar-refractivity contribution in [2.45, 2.75) is 12.1 Å². The van der Waals surface area contributed by atoms with Crippen LogP contribution in [0, 0.1) is 0 Å². The van der Waals surface area contributed by atoms with Crippen molar-refractivity contribution in [3.05, 3.63) is 30.3 Å². The first-order chi connectivity index (χ1) is 8.78. The average Bonchev–Trinajstić information content (AvgIpc) is 2.78. The molecule has 0 atom stereocenters. The van der Waals surface area contributed by atoms with Gasteiger partial charge in [0.1, 0.15) is 5.75 Å². The predicted octanol–water partition coefficient (Wildman–Crippen LogP) is 2.53. The molecule has 0 fully saturated rings. The lowest BCUT2D eigenvalue weighted by molar-refractivity contribution is 0.215. The highest BCUT2D eigenvalue weighted by Gasteiger charge is 2.08. The number of rotatable bonds is 4. The number of anilines is 1. The zero-order valence-electron chi connectivity index (χ0n) is 9.71. The molecular weight excluding hydrogens is 252 g/mol. The predicted molar refractivity (Wildman–Crippen MR) is 68.9 cm³/mol. The minimum Gasteiger partial charge on any atom is -0.410 e. The molecule has 2 N–H and O–H groups in total. The van der Waals surface area contributed by atoms with Crippen LogP contribution < -0.4 is 10.1 Å². The zero-order chi connectivity index (χ0) is 12.8. The van der Waals surface area contributed by atoms with Crippen molar-refractivity contribution in [3.63, 3.8) is 0 Å². The first-order valence-corrected chi connectivity index (χ1v) is 6.35. The highest BCUT2D eigenvalue weighted by atomic mass is 32.2. The lowest BCUT2D eigenvalue weighted by atomic mass is 10.3. The van der Waals surface area contributed by atoms with Crippen LogP contribution in [0.2, 0.25) is 0 Å². The van der Waals surface area contributed by atoms with Crippen LogP contribution in [-0.4, -0.2) is 27.0 Å². The van der Waals surface area contributed by atoms with Crippen molar-refractivity contribution in [1.82, 2.24) is 15.2 Å². The third-order valence-electron chi connectivity index (χ3n) is 1.91. The number of carbonyl (C=O) groups excluding carboxylic acids is 1. The molecule has 2 rings (SSSR count). The molecule has 0 bridgehead atoms. The van der Waals surface area contributed by atoms with Gasteiger partial charge in [0.05, 0.1) is 0 Å². The fraction of sp³-hybridized carbons (Fsp3) is 0.182. The molecule has 0 aliphatic rings. The summed E-state index contributed by atoms with van der Waals surface area (Å²) in [6, 6.07) is 8.80. The molecule has 6 nitrogen and oxygen atoms in total. The molecule has 7 heteroatoms. The van der Waals surface area contributed by atoms with Crippen molar-refractivity contribution >= 4 is 23.8 Å². The van der Waals surface area contributed by atoms with Crippen LogP contribution in [0.4, 0.5) is 10.7 Å². The molecule has 0 unspecified atom stereocenters. The number of nitrogens with one attached hydrogen (secondary N) is 2. The molecule has 1 aromatic carbocycles. The third kappa shape index (κ3) is 3.49. The molecule has 2 aromatic rings. The Morgan fingerprint density at radius 2 is 2.22 bits per heavy atom. The number of nitrogens with zero attached hydrogens (tertiary/aromatic N) is 2. The first kappa shape index (κ1) is 12.4. The number of hydrogen-bond donors (Lipinski definition) is 2. The van der Waals surface area contributed by atoms with Crippen molar-refractivity contribution in [3.8, 4) is 5.75 Å². The Labute approximate surface area is 108 Å². The maximum absolute atomic E-state index is 11.5. The highest BCUT2D eigenvalue weighted by molar-refractivity contribution is 7.99. The minimum atomic E-state index is -0.606. The van der Waals surface area contributed by atoms with E-state index in [1.807, 2.05) is 13.0 Å². The molecule has 0 spiro atoms. The monoisotopic (exact) mass is 264 g/mol. The summed E-state index contributed by atoms with van der Waals surface area (Å²) in [4.78, 5) is 15.6. The Morgan fingerprint density at radius 3 is 2.94 bits per heavy atom. The summed E-state index contributed by atoms with van der Waals surface area (Å²) in [7, 11) is 0. The Kier molecular flexibility index (Phi) is 4.19. The Hall–Kier alpha value is -2.02. The van der Waals surface area contributed by atoms with Gasteiger partial charge in [-0.3, -0.25) is 5.32 Å². The van der Waals surface area contributed by atoms with E-state index in [0.29, 0.717) is 10.9 Å². The van der Waals surface area contributed by atoms with Crippen molar-refractivity contribution in [1.29, 1.82) is 0 Å². The van der Waals surface area contributed by atoms with E-state index in [0.717, 1.165) is 5.75 Å². The van der Waals surface area contributed by atoms with Crippen LogP contribution in [0.5, 0.6) is 5.75 Å². The number of para-hydroxylation sites is 1. The van der Waals surface area contributed by atoms with Crippen molar-refractivity contribution in [2.24, 2.45) is 0 Å². The number of aromatic amines is 1. The SMILES string of the molecule is CCSc1n[nH]c(NC(=O)Oc2ccccc2)n1. The summed E-state index contributed by atoms with van der Waals surface area (Å²) in [5.74, 6) is 1.61. The summed E-state index contributed by atoms with van der Waals surface area (Å²) in [5.41, 5.74) is 0. The topological polar surface area (TPSA) is 79.9 Å². The van der Waals surface area contributed by atoms with Crippen LogP contribution in [0.25, 0.3) is 0 Å². The van der Waals surface area contributed by atoms with Crippen LogP contribution in [0.1, 0.15) is 6.92 Å². The number of ether oxygens (including phenoxy) is 1. The summed E-state index contributed by atoms with van der Waals surface area (Å²) in [6.07, 6.45) is -0.606. The van der Waals surface area contributed by atoms with Gasteiger partial charge in [-0.1, -0.05) is 36.9 Å². The molecule has 0 saturated carbocycles. The van der Waals surface area contributed by atoms with Crippen molar-refractivity contribution < 1.29 is 9.53 Å². The molecule has 1 amide bonds. The smallest absolute Gasteiger partial charge is 0.410 e. The van der Waals surface area contributed by atoms with Gasteiger partial charge in [-0.05, 0) is 17.9 Å². The fourth-order valence-corrected chi connectivity index (χ4v) is 1.74. The average molecular weight is 264 g/mol. The van der Waals surface area contributed by atoms with Gasteiger partial charge < -0.3 is 4.74 Å². The number of amides is 1. The molecule has 1 heterocycles. The Bertz CT molecular complexity index is 515. The molecule has 18 heavy (non-hydrogen) atoms. The van der Waals surface area contributed by atoms with E-state index in [1.54, 1.807) is 24.3 Å². The number of carbonyl (C=O) groups is 1. The molecule has 0 saturated heterocycles. The van der Waals surface area contributed by atoms with E-state index in [4.69, 9.17) is 4.74 Å². The maximum atomic E-state index is 11.5. The van der Waals surface area contributed by atoms with Gasteiger partial charge >= 0.3 is 6.09 Å². The third-order valence-corrected chi connectivity index (χ3v) is 2.64. The minimum absolute atomic E-state index is 0.270. The van der Waals surface area contributed by atoms with E-state index >= 15 is 0 Å². The first-order valence-electron chi connectivity index (χ1n) is 5.37. The molecule has 1 aromatic heterocycles. The summed E-state index contributed by atoms with van der Waals surface area (Å²) < 4.78 is 5.04. The molecule has 94 valence electrons. The highest BCUT2D eigenvalue weighted by Crippen LogP contribution is 2.13. The Balaban J connectivity index is 1.90. The number of benzene rings is 1. The van der Waals surface area contributed by atoms with Crippen LogP contribution in [-0.2, 0) is 0 Å². The summed E-state index contributed by atoms with van der Waals surface area (Å²) >= 11 is 1.48. The summed E-state index contributed by atoms with van der Waals surface area (Å²) in [5, 5.41) is 9.59. The largest absolute Gasteiger partial charge is 0.419 e. The summed E-state index contributed by atoms with van der Waals surface area (Å²) in [6.45, 7) is 2.00. The molecular formula is C11H12N4O2S.